The summed E-state index contributed by atoms with van der Waals surface area (Å²) in [6.07, 6.45) is 4.34. The number of hydrogen-bond donors (Lipinski definition) is 2. The van der Waals surface area contributed by atoms with Crippen molar-refractivity contribution in [1.29, 1.82) is 5.26 Å². The molecule has 4 aromatic rings. The highest BCUT2D eigenvalue weighted by molar-refractivity contribution is 7.93. The fraction of sp³-hybridized carbons (Fsp3) is 0.222. The van der Waals surface area contributed by atoms with Crippen LogP contribution in [0.2, 0.25) is 0 Å². The summed E-state index contributed by atoms with van der Waals surface area (Å²) < 4.78 is 29.0. The topological polar surface area (TPSA) is 111 Å². The van der Waals surface area contributed by atoms with Gasteiger partial charge in [-0.2, -0.15) is 5.26 Å². The van der Waals surface area contributed by atoms with Crippen LogP contribution in [0.15, 0.2) is 59.8 Å². The van der Waals surface area contributed by atoms with Crippen LogP contribution in [0.1, 0.15) is 28.8 Å². The lowest BCUT2D eigenvalue weighted by Gasteiger charge is -2.20. The van der Waals surface area contributed by atoms with E-state index in [-0.39, 0.29) is 16.5 Å². The first kappa shape index (κ1) is 23.4. The Morgan fingerprint density at radius 2 is 2.05 bits per heavy atom. The molecule has 37 heavy (non-hydrogen) atoms. The molecule has 0 unspecified atom stereocenters. The van der Waals surface area contributed by atoms with Crippen molar-refractivity contribution in [3.05, 3.63) is 70.9 Å². The summed E-state index contributed by atoms with van der Waals surface area (Å²) in [4.78, 5) is 9.82. The minimum atomic E-state index is -3.85. The summed E-state index contributed by atoms with van der Waals surface area (Å²) in [5, 5.41) is 16.2. The van der Waals surface area contributed by atoms with E-state index in [0.29, 0.717) is 24.5 Å². The minimum absolute atomic E-state index is 0.0243. The highest BCUT2D eigenvalue weighted by atomic mass is 32.2. The van der Waals surface area contributed by atoms with E-state index in [2.05, 4.69) is 32.4 Å². The zero-order valence-electron chi connectivity index (χ0n) is 19.7. The normalized spacial score (nSPS) is 16.7. The molecule has 0 amide bonds. The van der Waals surface area contributed by atoms with Crippen LogP contribution in [-0.4, -0.2) is 37.5 Å². The highest BCUT2D eigenvalue weighted by Crippen LogP contribution is 2.37. The minimum Gasteiger partial charge on any atom is -0.339 e. The number of aromatic nitrogens is 2. The van der Waals surface area contributed by atoms with Gasteiger partial charge in [0.1, 0.15) is 17.3 Å². The van der Waals surface area contributed by atoms with Gasteiger partial charge in [-0.05, 0) is 67.8 Å². The van der Waals surface area contributed by atoms with Crippen LogP contribution in [0.4, 0.5) is 17.2 Å². The summed E-state index contributed by atoms with van der Waals surface area (Å²) in [7, 11) is -3.85. The molecule has 0 spiro atoms. The average molecular weight is 527 g/mol. The molecule has 0 aliphatic carbocycles. The largest absolute Gasteiger partial charge is 0.339 e. The Hall–Kier alpha value is -3.96. The molecule has 0 saturated carbocycles. The standard InChI is InChI=1S/C27H22N6O2S2/c28-16-19-4-1-2-6-25(19)37(34,35)33-13-11-18-14-21(8-10-24(18)33)32-27-26-23(30-17-31-27)15-22(36-26)9-7-20-5-3-12-29-20/h1-2,4,6,8,10,14-15,17,20,29H,3,5,11-13H2,(H,30,31,32)/t20-/m1/s1. The van der Waals surface area contributed by atoms with Gasteiger partial charge in [-0.3, -0.25) is 4.31 Å². The number of anilines is 3. The number of rotatable bonds is 4. The Morgan fingerprint density at radius 3 is 2.89 bits per heavy atom. The van der Waals surface area contributed by atoms with Crippen molar-refractivity contribution in [3.63, 3.8) is 0 Å². The fourth-order valence-corrected chi connectivity index (χ4v) is 7.27. The smallest absolute Gasteiger partial charge is 0.265 e. The third-order valence-corrected chi connectivity index (χ3v) is 9.43. The lowest BCUT2D eigenvalue weighted by Crippen LogP contribution is -2.29. The van der Waals surface area contributed by atoms with Gasteiger partial charge in [-0.1, -0.05) is 24.0 Å². The van der Waals surface area contributed by atoms with Crippen molar-refractivity contribution < 1.29 is 8.42 Å². The molecule has 184 valence electrons. The number of nitriles is 1. The van der Waals surface area contributed by atoms with Gasteiger partial charge in [-0.15, -0.1) is 11.3 Å². The van der Waals surface area contributed by atoms with E-state index in [1.54, 1.807) is 29.5 Å². The van der Waals surface area contributed by atoms with Crippen molar-refractivity contribution in [2.24, 2.45) is 0 Å². The number of fused-ring (bicyclic) bond motifs is 2. The lowest BCUT2D eigenvalue weighted by molar-refractivity contribution is 0.592. The molecule has 0 bridgehead atoms. The Morgan fingerprint density at radius 1 is 1.16 bits per heavy atom. The SMILES string of the molecule is N#Cc1ccccc1S(=O)(=O)N1CCc2cc(Nc3ncnc4cc(C#C[C@H]5CCCN5)sc34)ccc21. The number of sulfonamides is 1. The second-order valence-electron chi connectivity index (χ2n) is 8.87. The van der Waals surface area contributed by atoms with Gasteiger partial charge < -0.3 is 10.6 Å². The predicted molar refractivity (Wildman–Crippen MR) is 144 cm³/mol. The molecule has 8 nitrogen and oxygen atoms in total. The first-order chi connectivity index (χ1) is 18.0. The third-order valence-electron chi connectivity index (χ3n) is 6.51. The van der Waals surface area contributed by atoms with Crippen molar-refractivity contribution >= 4 is 48.8 Å². The molecule has 2 aliphatic heterocycles. The number of hydrogen-bond acceptors (Lipinski definition) is 8. The van der Waals surface area contributed by atoms with Crippen molar-refractivity contribution in [2.45, 2.75) is 30.2 Å². The van der Waals surface area contributed by atoms with E-state index in [0.717, 1.165) is 45.7 Å². The average Bonchev–Trinajstić information content (AvgIpc) is 3.67. The molecule has 2 N–H and O–H groups in total. The molecule has 0 radical (unpaired) electrons. The molecule has 2 aromatic carbocycles. The number of nitrogens with one attached hydrogen (secondary N) is 2. The summed E-state index contributed by atoms with van der Waals surface area (Å²) >= 11 is 1.55. The maximum Gasteiger partial charge on any atom is 0.265 e. The molecule has 6 rings (SSSR count). The van der Waals surface area contributed by atoms with Crippen LogP contribution < -0.4 is 14.9 Å². The Labute approximate surface area is 219 Å². The van der Waals surface area contributed by atoms with E-state index >= 15 is 0 Å². The van der Waals surface area contributed by atoms with Crippen LogP contribution in [0, 0.1) is 23.2 Å². The second-order valence-corrected chi connectivity index (χ2v) is 11.8. The number of benzene rings is 2. The Bertz CT molecular complexity index is 1720. The third kappa shape index (κ3) is 4.40. The lowest BCUT2D eigenvalue weighted by atomic mass is 10.1. The summed E-state index contributed by atoms with van der Waals surface area (Å²) in [5.74, 6) is 7.26. The highest BCUT2D eigenvalue weighted by Gasteiger charge is 2.32. The first-order valence-electron chi connectivity index (χ1n) is 11.9. The van der Waals surface area contributed by atoms with Gasteiger partial charge in [0.15, 0.2) is 5.82 Å². The summed E-state index contributed by atoms with van der Waals surface area (Å²) in [6.45, 7) is 1.34. The molecular weight excluding hydrogens is 504 g/mol. The van der Waals surface area contributed by atoms with Crippen molar-refractivity contribution in [3.8, 4) is 17.9 Å². The van der Waals surface area contributed by atoms with Crippen LogP contribution in [-0.2, 0) is 16.4 Å². The monoisotopic (exact) mass is 526 g/mol. The van der Waals surface area contributed by atoms with Gasteiger partial charge in [-0.25, -0.2) is 18.4 Å². The van der Waals surface area contributed by atoms with Crippen LogP contribution in [0.3, 0.4) is 0 Å². The summed E-state index contributed by atoms with van der Waals surface area (Å²) in [6, 6.07) is 16.1. The zero-order valence-corrected chi connectivity index (χ0v) is 21.4. The molecule has 4 heterocycles. The molecule has 1 atom stereocenters. The molecule has 2 aliphatic rings. The van der Waals surface area contributed by atoms with Gasteiger partial charge in [0, 0.05) is 12.2 Å². The molecule has 2 aromatic heterocycles. The van der Waals surface area contributed by atoms with E-state index in [4.69, 9.17) is 0 Å². The Kier molecular flexibility index (Phi) is 6.01. The molecular formula is C27H22N6O2S2. The van der Waals surface area contributed by atoms with Crippen LogP contribution in [0.5, 0.6) is 0 Å². The van der Waals surface area contributed by atoms with E-state index < -0.39 is 10.0 Å². The Balaban J connectivity index is 1.27. The van der Waals surface area contributed by atoms with E-state index in [1.807, 2.05) is 24.3 Å². The van der Waals surface area contributed by atoms with Crippen LogP contribution in [0.25, 0.3) is 10.2 Å². The quantitative estimate of drug-likeness (QED) is 0.384. The van der Waals surface area contributed by atoms with Gasteiger partial charge >= 0.3 is 0 Å². The van der Waals surface area contributed by atoms with Gasteiger partial charge in [0.05, 0.1) is 32.4 Å². The predicted octanol–water partition coefficient (Wildman–Crippen LogP) is 4.16. The number of nitrogens with zero attached hydrogens (tertiary/aromatic N) is 4. The maximum absolute atomic E-state index is 13.4. The van der Waals surface area contributed by atoms with E-state index in [1.165, 1.54) is 22.8 Å². The van der Waals surface area contributed by atoms with Crippen molar-refractivity contribution in [1.82, 2.24) is 15.3 Å². The van der Waals surface area contributed by atoms with Crippen LogP contribution >= 0.6 is 11.3 Å². The summed E-state index contributed by atoms with van der Waals surface area (Å²) in [5.41, 5.74) is 3.32. The van der Waals surface area contributed by atoms with E-state index in [9.17, 15) is 13.7 Å². The second kappa shape index (κ2) is 9.49. The number of thiophene rings is 1. The first-order valence-corrected chi connectivity index (χ1v) is 14.2. The van der Waals surface area contributed by atoms with Gasteiger partial charge in [0.25, 0.3) is 10.0 Å². The van der Waals surface area contributed by atoms with Crippen molar-refractivity contribution in [2.75, 3.05) is 22.7 Å². The zero-order chi connectivity index (χ0) is 25.4. The van der Waals surface area contributed by atoms with Gasteiger partial charge in [0.2, 0.25) is 0 Å². The molecule has 10 heteroatoms. The maximum atomic E-state index is 13.4. The fourth-order valence-electron chi connectivity index (χ4n) is 4.71. The molecule has 1 fully saturated rings. The molecule has 1 saturated heterocycles.